The van der Waals surface area contributed by atoms with Crippen molar-refractivity contribution >= 4 is 14.3 Å². The van der Waals surface area contributed by atoms with Gasteiger partial charge < -0.3 is 14.5 Å². The van der Waals surface area contributed by atoms with Crippen LogP contribution in [-0.2, 0) is 20.4 Å². The van der Waals surface area contributed by atoms with Gasteiger partial charge >= 0.3 is 5.97 Å². The molecule has 6 heteroatoms. The Labute approximate surface area is 170 Å². The molecule has 0 radical (unpaired) electrons. The van der Waals surface area contributed by atoms with Gasteiger partial charge in [-0.15, -0.1) is 0 Å². The summed E-state index contributed by atoms with van der Waals surface area (Å²) in [7, 11) is -1.86. The van der Waals surface area contributed by atoms with Gasteiger partial charge in [-0.3, -0.25) is 4.79 Å². The van der Waals surface area contributed by atoms with Crippen LogP contribution in [-0.4, -0.2) is 39.6 Å². The molecule has 0 spiro atoms. The Morgan fingerprint density at radius 1 is 1.21 bits per heavy atom. The van der Waals surface area contributed by atoms with E-state index in [2.05, 4.69) is 39.2 Å². The molecule has 158 valence electrons. The highest BCUT2D eigenvalue weighted by molar-refractivity contribution is 6.74. The molecular weight excluding hydrogens is 373 g/mol. The lowest BCUT2D eigenvalue weighted by Crippen LogP contribution is -2.43. The predicted octanol–water partition coefficient (Wildman–Crippen LogP) is 4.55. The van der Waals surface area contributed by atoms with Gasteiger partial charge in [0.25, 0.3) is 0 Å². The van der Waals surface area contributed by atoms with E-state index in [4.69, 9.17) is 9.16 Å². The van der Waals surface area contributed by atoms with E-state index in [-0.39, 0.29) is 28.7 Å². The molecule has 28 heavy (non-hydrogen) atoms. The second kappa shape index (κ2) is 8.64. The first-order chi connectivity index (χ1) is 12.8. The van der Waals surface area contributed by atoms with Crippen LogP contribution in [0.3, 0.4) is 0 Å². The van der Waals surface area contributed by atoms with Crippen molar-refractivity contribution in [3.05, 3.63) is 35.6 Å². The summed E-state index contributed by atoms with van der Waals surface area (Å²) in [6, 6.07) is 6.44. The van der Waals surface area contributed by atoms with Crippen LogP contribution >= 0.6 is 0 Å². The van der Waals surface area contributed by atoms with E-state index in [1.807, 2.05) is 19.9 Å². The Bertz CT molecular complexity index is 685. The lowest BCUT2D eigenvalue weighted by molar-refractivity contribution is -0.162. The number of benzene rings is 1. The van der Waals surface area contributed by atoms with E-state index in [0.717, 1.165) is 12.1 Å². The number of hydrogen-bond acceptors (Lipinski definition) is 4. The topological polar surface area (TPSA) is 47.6 Å². The summed E-state index contributed by atoms with van der Waals surface area (Å²) in [4.78, 5) is 12.9. The van der Waals surface area contributed by atoms with Gasteiger partial charge in [0.1, 0.15) is 11.4 Å². The summed E-state index contributed by atoms with van der Waals surface area (Å²) in [6.45, 7) is 16.8. The van der Waals surface area contributed by atoms with Crippen molar-refractivity contribution in [1.29, 1.82) is 0 Å². The fourth-order valence-corrected chi connectivity index (χ4v) is 4.30. The molecule has 1 heterocycles. The monoisotopic (exact) mass is 409 g/mol. The molecule has 1 aromatic carbocycles. The van der Waals surface area contributed by atoms with Crippen LogP contribution in [0.15, 0.2) is 24.3 Å². The van der Waals surface area contributed by atoms with Crippen LogP contribution in [0.4, 0.5) is 4.39 Å². The molecule has 4 nitrogen and oxygen atoms in total. The molecule has 2 unspecified atom stereocenters. The molecule has 0 amide bonds. The van der Waals surface area contributed by atoms with Gasteiger partial charge in [0, 0.05) is 32.0 Å². The Balaban J connectivity index is 1.96. The van der Waals surface area contributed by atoms with E-state index < -0.39 is 13.9 Å². The molecule has 1 N–H and O–H groups in total. The minimum Gasteiger partial charge on any atom is -0.459 e. The zero-order valence-electron chi connectivity index (χ0n) is 18.4. The van der Waals surface area contributed by atoms with Gasteiger partial charge in [-0.2, -0.15) is 0 Å². The highest BCUT2D eigenvalue weighted by Crippen LogP contribution is 2.37. The Hall–Kier alpha value is -1.24. The number of esters is 1. The number of nitrogens with one attached hydrogen (secondary N) is 1. The molecule has 0 saturated carbocycles. The zero-order chi connectivity index (χ0) is 21.2. The van der Waals surface area contributed by atoms with Crippen molar-refractivity contribution < 1.29 is 18.3 Å². The van der Waals surface area contributed by atoms with Crippen molar-refractivity contribution in [2.24, 2.45) is 11.8 Å². The first kappa shape index (κ1) is 23.0. The number of ether oxygens (including phenoxy) is 1. The van der Waals surface area contributed by atoms with Crippen LogP contribution in [0, 0.1) is 17.7 Å². The van der Waals surface area contributed by atoms with E-state index in [0.29, 0.717) is 19.6 Å². The number of halogens is 1. The van der Waals surface area contributed by atoms with E-state index >= 15 is 0 Å². The standard InChI is InChI=1S/C22H36FNO3Si/c1-21(2,3)28(6,7)26-15-17-13-24-14-19(17)20(25)27-22(4,5)12-16-9-8-10-18(23)11-16/h8-11,17,19,24H,12-15H2,1-7H3. The molecule has 1 aliphatic heterocycles. The maximum atomic E-state index is 13.4. The highest BCUT2D eigenvalue weighted by atomic mass is 28.4. The summed E-state index contributed by atoms with van der Waals surface area (Å²) in [5.41, 5.74) is 0.123. The number of rotatable bonds is 7. The van der Waals surface area contributed by atoms with E-state index in [1.54, 1.807) is 6.07 Å². The largest absolute Gasteiger partial charge is 0.459 e. The molecule has 1 saturated heterocycles. The fourth-order valence-electron chi connectivity index (χ4n) is 3.24. The first-order valence-electron chi connectivity index (χ1n) is 10.1. The number of hydrogen-bond donors (Lipinski definition) is 1. The molecule has 1 aliphatic rings. The summed E-state index contributed by atoms with van der Waals surface area (Å²) in [6.07, 6.45) is 0.474. The quantitative estimate of drug-likeness (QED) is 0.530. The Kier molecular flexibility index (Phi) is 7.11. The van der Waals surface area contributed by atoms with Crippen LogP contribution in [0.2, 0.25) is 18.1 Å². The fraction of sp³-hybridized carbons (Fsp3) is 0.682. The Morgan fingerprint density at radius 3 is 2.50 bits per heavy atom. The maximum absolute atomic E-state index is 13.4. The average molecular weight is 410 g/mol. The smallest absolute Gasteiger partial charge is 0.311 e. The van der Waals surface area contributed by atoms with Crippen molar-refractivity contribution in [1.82, 2.24) is 5.32 Å². The normalized spacial score (nSPS) is 21.0. The summed E-state index contributed by atoms with van der Waals surface area (Å²) in [5, 5.41) is 3.45. The van der Waals surface area contributed by atoms with Gasteiger partial charge in [0.15, 0.2) is 8.32 Å². The molecular formula is C22H36FNO3Si. The van der Waals surface area contributed by atoms with E-state index in [9.17, 15) is 9.18 Å². The van der Waals surface area contributed by atoms with Crippen LogP contribution in [0.1, 0.15) is 40.2 Å². The average Bonchev–Trinajstić information content (AvgIpc) is 2.99. The van der Waals surface area contributed by atoms with E-state index in [1.165, 1.54) is 12.1 Å². The SMILES string of the molecule is CC(C)(Cc1cccc(F)c1)OC(=O)C1CNCC1CO[Si](C)(C)C(C)(C)C. The molecule has 0 aromatic heterocycles. The number of carbonyl (C=O) groups excluding carboxylic acids is 1. The minimum atomic E-state index is -1.86. The third-order valence-electron chi connectivity index (χ3n) is 6.00. The third-order valence-corrected chi connectivity index (χ3v) is 10.5. The van der Waals surface area contributed by atoms with Crippen LogP contribution in [0.25, 0.3) is 0 Å². The van der Waals surface area contributed by atoms with Gasteiger partial charge in [0.2, 0.25) is 0 Å². The Morgan fingerprint density at radius 2 is 1.89 bits per heavy atom. The molecule has 0 bridgehead atoms. The van der Waals surface area contributed by atoms with Crippen molar-refractivity contribution in [3.63, 3.8) is 0 Å². The van der Waals surface area contributed by atoms with Gasteiger partial charge in [0.05, 0.1) is 5.92 Å². The molecule has 2 rings (SSSR count). The highest BCUT2D eigenvalue weighted by Gasteiger charge is 2.41. The lowest BCUT2D eigenvalue weighted by atomic mass is 9.95. The zero-order valence-corrected chi connectivity index (χ0v) is 19.4. The van der Waals surface area contributed by atoms with Gasteiger partial charge in [-0.1, -0.05) is 32.9 Å². The first-order valence-corrected chi connectivity index (χ1v) is 13.0. The van der Waals surface area contributed by atoms with Crippen molar-refractivity contribution in [3.8, 4) is 0 Å². The minimum absolute atomic E-state index is 0.117. The van der Waals surface area contributed by atoms with Crippen molar-refractivity contribution in [2.45, 2.75) is 64.8 Å². The van der Waals surface area contributed by atoms with Crippen molar-refractivity contribution in [2.75, 3.05) is 19.7 Å². The summed E-state index contributed by atoms with van der Waals surface area (Å²) >= 11 is 0. The molecule has 2 atom stereocenters. The lowest BCUT2D eigenvalue weighted by Gasteiger charge is -2.37. The molecule has 1 fully saturated rings. The second-order valence-electron chi connectivity index (χ2n) is 10.1. The molecule has 1 aromatic rings. The van der Waals surface area contributed by atoms with Crippen LogP contribution in [0.5, 0.6) is 0 Å². The number of carbonyl (C=O) groups is 1. The third kappa shape index (κ3) is 6.13. The summed E-state index contributed by atoms with van der Waals surface area (Å²) in [5.74, 6) is -0.569. The van der Waals surface area contributed by atoms with Gasteiger partial charge in [-0.25, -0.2) is 4.39 Å². The summed E-state index contributed by atoms with van der Waals surface area (Å²) < 4.78 is 25.6. The molecule has 0 aliphatic carbocycles. The van der Waals surface area contributed by atoms with Gasteiger partial charge in [-0.05, 0) is 49.7 Å². The maximum Gasteiger partial charge on any atom is 0.311 e. The van der Waals surface area contributed by atoms with Crippen LogP contribution < -0.4 is 5.32 Å². The second-order valence-corrected chi connectivity index (χ2v) is 14.9. The predicted molar refractivity (Wildman–Crippen MR) is 113 cm³/mol.